The maximum atomic E-state index is 11.3. The lowest BCUT2D eigenvalue weighted by atomic mass is 10.2. The van der Waals surface area contributed by atoms with E-state index in [0.717, 1.165) is 6.26 Å². The van der Waals surface area contributed by atoms with Crippen LogP contribution in [0.5, 0.6) is 0 Å². The Labute approximate surface area is 104 Å². The minimum Gasteiger partial charge on any atom is -0.398 e. The molecule has 1 aromatic carbocycles. The van der Waals surface area contributed by atoms with Gasteiger partial charge in [-0.2, -0.15) is 10.4 Å². The topological polar surface area (TPSA) is 102 Å². The second-order valence-electron chi connectivity index (χ2n) is 3.78. The largest absolute Gasteiger partial charge is 0.398 e. The minimum atomic E-state index is -3.28. The van der Waals surface area contributed by atoms with Crippen molar-refractivity contribution in [1.29, 1.82) is 5.26 Å². The number of nitrogen functional groups attached to an aromatic ring is 1. The Morgan fingerprint density at radius 1 is 1.44 bits per heavy atom. The molecule has 0 saturated heterocycles. The van der Waals surface area contributed by atoms with Gasteiger partial charge in [-0.25, -0.2) is 13.1 Å². The molecule has 0 amide bonds. The number of rotatable bonds is 2. The third kappa shape index (κ3) is 2.19. The van der Waals surface area contributed by atoms with Crippen LogP contribution in [0.15, 0.2) is 35.5 Å². The van der Waals surface area contributed by atoms with Crippen LogP contribution < -0.4 is 5.73 Å². The van der Waals surface area contributed by atoms with Crippen LogP contribution in [0.25, 0.3) is 5.69 Å². The summed E-state index contributed by atoms with van der Waals surface area (Å²) in [7, 11) is -3.28. The summed E-state index contributed by atoms with van der Waals surface area (Å²) in [6, 6.07) is 6.73. The molecule has 2 N–H and O–H groups in total. The molecule has 18 heavy (non-hydrogen) atoms. The van der Waals surface area contributed by atoms with Gasteiger partial charge in [0.2, 0.25) is 0 Å². The molecule has 0 spiro atoms. The van der Waals surface area contributed by atoms with E-state index in [1.807, 2.05) is 6.07 Å². The number of hydrogen-bond donors (Lipinski definition) is 1. The molecule has 0 radical (unpaired) electrons. The first kappa shape index (κ1) is 12.1. The predicted octanol–water partition coefficient (Wildman–Crippen LogP) is 0.730. The van der Waals surface area contributed by atoms with Gasteiger partial charge in [0.15, 0.2) is 9.84 Å². The molecule has 0 atom stereocenters. The molecule has 0 fully saturated rings. The summed E-state index contributed by atoms with van der Waals surface area (Å²) in [5, 5.41) is 12.7. The monoisotopic (exact) mass is 262 g/mol. The summed E-state index contributed by atoms with van der Waals surface area (Å²) in [4.78, 5) is 0.130. The van der Waals surface area contributed by atoms with Gasteiger partial charge < -0.3 is 5.73 Å². The average molecular weight is 262 g/mol. The highest BCUT2D eigenvalue weighted by Crippen LogP contribution is 2.17. The molecule has 7 heteroatoms. The van der Waals surface area contributed by atoms with Gasteiger partial charge in [-0.05, 0) is 18.2 Å². The zero-order valence-corrected chi connectivity index (χ0v) is 10.3. The first-order valence-corrected chi connectivity index (χ1v) is 6.85. The standard InChI is InChI=1S/C11H10N4O2S/c1-18(16,17)10-6-14-15(7-10)9-3-2-8(5-12)11(13)4-9/h2-4,6-7H,13H2,1H3. The van der Waals surface area contributed by atoms with Crippen molar-refractivity contribution >= 4 is 15.5 Å². The van der Waals surface area contributed by atoms with E-state index in [1.165, 1.54) is 17.1 Å². The van der Waals surface area contributed by atoms with Crippen LogP contribution in [0.1, 0.15) is 5.56 Å². The van der Waals surface area contributed by atoms with Gasteiger partial charge in [0.1, 0.15) is 11.0 Å². The first-order chi connectivity index (χ1) is 8.41. The van der Waals surface area contributed by atoms with E-state index >= 15 is 0 Å². The molecule has 1 heterocycles. The van der Waals surface area contributed by atoms with E-state index in [1.54, 1.807) is 18.2 Å². The molecule has 0 unspecified atom stereocenters. The Kier molecular flexibility index (Phi) is 2.80. The average Bonchev–Trinajstić information content (AvgIpc) is 2.77. The van der Waals surface area contributed by atoms with Crippen molar-refractivity contribution in [1.82, 2.24) is 9.78 Å². The number of hydrogen-bond acceptors (Lipinski definition) is 5. The highest BCUT2D eigenvalue weighted by molar-refractivity contribution is 7.90. The van der Waals surface area contributed by atoms with Crippen LogP contribution >= 0.6 is 0 Å². The van der Waals surface area contributed by atoms with Crippen LogP contribution in [-0.4, -0.2) is 24.5 Å². The Morgan fingerprint density at radius 3 is 2.67 bits per heavy atom. The molecule has 92 valence electrons. The molecule has 0 aliphatic carbocycles. The van der Waals surface area contributed by atoms with Crippen LogP contribution in [0.3, 0.4) is 0 Å². The molecular weight excluding hydrogens is 252 g/mol. The van der Waals surface area contributed by atoms with E-state index in [2.05, 4.69) is 5.10 Å². The van der Waals surface area contributed by atoms with Gasteiger partial charge in [-0.3, -0.25) is 0 Å². The molecule has 0 aliphatic rings. The Morgan fingerprint density at radius 2 is 2.17 bits per heavy atom. The fraction of sp³-hybridized carbons (Fsp3) is 0.0909. The van der Waals surface area contributed by atoms with Crippen molar-refractivity contribution in [3.8, 4) is 11.8 Å². The van der Waals surface area contributed by atoms with Crippen LogP contribution in [0.2, 0.25) is 0 Å². The zero-order chi connectivity index (χ0) is 13.3. The Balaban J connectivity index is 2.48. The number of anilines is 1. The fourth-order valence-corrected chi connectivity index (χ4v) is 1.96. The van der Waals surface area contributed by atoms with Crippen molar-refractivity contribution in [3.05, 3.63) is 36.2 Å². The Hall–Kier alpha value is -2.33. The van der Waals surface area contributed by atoms with Crippen molar-refractivity contribution in [2.24, 2.45) is 0 Å². The minimum absolute atomic E-state index is 0.130. The highest BCUT2D eigenvalue weighted by atomic mass is 32.2. The quantitative estimate of drug-likeness (QED) is 0.804. The molecule has 0 aliphatic heterocycles. The predicted molar refractivity (Wildman–Crippen MR) is 65.8 cm³/mol. The first-order valence-electron chi connectivity index (χ1n) is 4.96. The van der Waals surface area contributed by atoms with Gasteiger partial charge in [-0.15, -0.1) is 0 Å². The highest BCUT2D eigenvalue weighted by Gasteiger charge is 2.11. The van der Waals surface area contributed by atoms with Crippen LogP contribution in [0, 0.1) is 11.3 Å². The van der Waals surface area contributed by atoms with Crippen molar-refractivity contribution in [2.75, 3.05) is 12.0 Å². The summed E-state index contributed by atoms with van der Waals surface area (Å²) in [5.74, 6) is 0. The molecule has 2 rings (SSSR count). The van der Waals surface area contributed by atoms with Gasteiger partial charge in [0.05, 0.1) is 23.1 Å². The molecule has 2 aromatic rings. The van der Waals surface area contributed by atoms with Gasteiger partial charge >= 0.3 is 0 Å². The van der Waals surface area contributed by atoms with E-state index in [-0.39, 0.29) is 4.90 Å². The molecule has 0 bridgehead atoms. The number of benzene rings is 1. The lowest BCUT2D eigenvalue weighted by Gasteiger charge is -2.03. The number of nitrogens with two attached hydrogens (primary N) is 1. The summed E-state index contributed by atoms with van der Waals surface area (Å²) in [6.07, 6.45) is 3.78. The second-order valence-corrected chi connectivity index (χ2v) is 5.79. The van der Waals surface area contributed by atoms with Crippen molar-refractivity contribution in [3.63, 3.8) is 0 Å². The van der Waals surface area contributed by atoms with E-state index in [0.29, 0.717) is 16.9 Å². The summed E-state index contributed by atoms with van der Waals surface area (Å²) in [6.45, 7) is 0. The number of nitrogens with zero attached hydrogens (tertiary/aromatic N) is 3. The van der Waals surface area contributed by atoms with E-state index in [4.69, 9.17) is 11.0 Å². The smallest absolute Gasteiger partial charge is 0.178 e. The third-order valence-corrected chi connectivity index (χ3v) is 3.47. The Bertz CT molecular complexity index is 741. The van der Waals surface area contributed by atoms with Crippen molar-refractivity contribution in [2.45, 2.75) is 4.90 Å². The van der Waals surface area contributed by atoms with Crippen molar-refractivity contribution < 1.29 is 8.42 Å². The number of nitriles is 1. The molecule has 1 aromatic heterocycles. The zero-order valence-electron chi connectivity index (χ0n) is 9.53. The summed E-state index contributed by atoms with van der Waals surface area (Å²) >= 11 is 0. The van der Waals surface area contributed by atoms with E-state index < -0.39 is 9.84 Å². The molecule has 6 nitrogen and oxygen atoms in total. The normalized spacial score (nSPS) is 11.1. The van der Waals surface area contributed by atoms with Gasteiger partial charge in [0, 0.05) is 12.5 Å². The van der Waals surface area contributed by atoms with Gasteiger partial charge in [0.25, 0.3) is 0 Å². The second kappa shape index (κ2) is 4.16. The van der Waals surface area contributed by atoms with Crippen LogP contribution in [0.4, 0.5) is 5.69 Å². The summed E-state index contributed by atoms with van der Waals surface area (Å²) in [5.41, 5.74) is 6.97. The lowest BCUT2D eigenvalue weighted by molar-refractivity contribution is 0.602. The van der Waals surface area contributed by atoms with Gasteiger partial charge in [-0.1, -0.05) is 0 Å². The molecule has 0 saturated carbocycles. The fourth-order valence-electron chi connectivity index (χ4n) is 1.43. The third-order valence-electron chi connectivity index (χ3n) is 2.41. The van der Waals surface area contributed by atoms with E-state index in [9.17, 15) is 8.42 Å². The maximum absolute atomic E-state index is 11.3. The molecular formula is C11H10N4O2S. The number of aromatic nitrogens is 2. The lowest BCUT2D eigenvalue weighted by Crippen LogP contribution is -1.98. The maximum Gasteiger partial charge on any atom is 0.178 e. The van der Waals surface area contributed by atoms with Crippen LogP contribution in [-0.2, 0) is 9.84 Å². The number of sulfone groups is 1. The SMILES string of the molecule is CS(=O)(=O)c1cnn(-c2ccc(C#N)c(N)c2)c1. The summed E-state index contributed by atoms with van der Waals surface area (Å²) < 4.78 is 24.0.